The van der Waals surface area contributed by atoms with E-state index < -0.39 is 21.9 Å². The average Bonchev–Trinajstić information content (AvgIpc) is 3.11. The van der Waals surface area contributed by atoms with Crippen LogP contribution in [0.25, 0.3) is 0 Å². The summed E-state index contributed by atoms with van der Waals surface area (Å²) < 4.78 is 30.9. The van der Waals surface area contributed by atoms with Gasteiger partial charge in [-0.25, -0.2) is 17.5 Å². The number of ether oxygens (including phenoxy) is 1. The molecule has 174 valence electrons. The Morgan fingerprint density at radius 1 is 1.19 bits per heavy atom. The van der Waals surface area contributed by atoms with Crippen LogP contribution in [0, 0.1) is 0 Å². The first kappa shape index (κ1) is 24.4. The number of nitrogens with zero attached hydrogens (tertiary/aromatic N) is 2. The fourth-order valence-corrected chi connectivity index (χ4v) is 5.81. The topological polar surface area (TPSA) is 96.0 Å². The Morgan fingerprint density at radius 3 is 2.47 bits per heavy atom. The maximum Gasteiger partial charge on any atom is 0.341 e. The molecule has 1 aliphatic rings. The summed E-state index contributed by atoms with van der Waals surface area (Å²) in [5, 5.41) is 3.33. The van der Waals surface area contributed by atoms with Gasteiger partial charge in [-0.3, -0.25) is 9.69 Å². The van der Waals surface area contributed by atoms with Crippen LogP contribution in [0.5, 0.6) is 0 Å². The SMILES string of the molecule is CCCN1CCc2c(sc(NC(=O)c3ccc(S(=O)(=O)N(C)C)cc3)c2C(=O)OCC)C1. The number of nitrogens with one attached hydrogen (secondary N) is 1. The van der Waals surface area contributed by atoms with Crippen molar-refractivity contribution in [2.75, 3.05) is 39.1 Å². The fraction of sp³-hybridized carbons (Fsp3) is 0.455. The van der Waals surface area contributed by atoms with Crippen LogP contribution in [-0.2, 0) is 27.7 Å². The third kappa shape index (κ3) is 5.03. The number of amides is 1. The molecule has 0 saturated heterocycles. The standard InChI is InChI=1S/C22H29N3O5S2/c1-5-12-25-13-11-17-18(14-25)31-21(19(17)22(27)30-6-2)23-20(26)15-7-9-16(10-8-15)32(28,29)24(3)4/h7-10H,5-6,11-14H2,1-4H3,(H,23,26). The number of anilines is 1. The molecule has 1 aromatic heterocycles. The normalized spacial score (nSPS) is 14.3. The second kappa shape index (κ2) is 10.1. The van der Waals surface area contributed by atoms with Crippen molar-refractivity contribution in [3.8, 4) is 0 Å². The highest BCUT2D eigenvalue weighted by Gasteiger charge is 2.29. The van der Waals surface area contributed by atoms with Gasteiger partial charge in [0.15, 0.2) is 0 Å². The molecule has 0 aliphatic carbocycles. The Bertz CT molecular complexity index is 1090. The minimum absolute atomic E-state index is 0.105. The summed E-state index contributed by atoms with van der Waals surface area (Å²) in [5.41, 5.74) is 1.68. The first-order valence-corrected chi connectivity index (χ1v) is 12.8. The molecule has 0 saturated carbocycles. The number of hydrogen-bond donors (Lipinski definition) is 1. The molecule has 0 unspecified atom stereocenters. The Hall–Kier alpha value is -2.27. The van der Waals surface area contributed by atoms with E-state index in [1.807, 2.05) is 0 Å². The summed E-state index contributed by atoms with van der Waals surface area (Å²) in [5.74, 6) is -0.843. The number of rotatable bonds is 8. The summed E-state index contributed by atoms with van der Waals surface area (Å²) in [6.07, 6.45) is 1.78. The minimum Gasteiger partial charge on any atom is -0.462 e. The summed E-state index contributed by atoms with van der Waals surface area (Å²) in [4.78, 5) is 29.1. The van der Waals surface area contributed by atoms with E-state index in [1.54, 1.807) is 6.92 Å². The number of carbonyl (C=O) groups is 2. The molecule has 1 aromatic carbocycles. The molecule has 8 nitrogen and oxygen atoms in total. The van der Waals surface area contributed by atoms with Gasteiger partial charge in [-0.15, -0.1) is 11.3 Å². The molecule has 0 radical (unpaired) electrons. The Labute approximate surface area is 193 Å². The predicted molar refractivity (Wildman–Crippen MR) is 125 cm³/mol. The largest absolute Gasteiger partial charge is 0.462 e. The van der Waals surface area contributed by atoms with Crippen LogP contribution in [0.15, 0.2) is 29.2 Å². The second-order valence-electron chi connectivity index (χ2n) is 7.72. The number of fused-ring (bicyclic) bond motifs is 1. The van der Waals surface area contributed by atoms with Crippen molar-refractivity contribution in [3.05, 3.63) is 45.8 Å². The zero-order chi connectivity index (χ0) is 23.5. The maximum absolute atomic E-state index is 12.9. The lowest BCUT2D eigenvalue weighted by Crippen LogP contribution is -2.30. The van der Waals surface area contributed by atoms with Crippen molar-refractivity contribution in [1.82, 2.24) is 9.21 Å². The summed E-state index contributed by atoms with van der Waals surface area (Å²) >= 11 is 1.40. The quantitative estimate of drug-likeness (QED) is 0.584. The van der Waals surface area contributed by atoms with Crippen molar-refractivity contribution in [2.24, 2.45) is 0 Å². The molecule has 0 fully saturated rings. The molecule has 2 aromatic rings. The van der Waals surface area contributed by atoms with E-state index in [9.17, 15) is 18.0 Å². The second-order valence-corrected chi connectivity index (χ2v) is 11.0. The number of benzene rings is 1. The molecule has 32 heavy (non-hydrogen) atoms. The van der Waals surface area contributed by atoms with Crippen LogP contribution in [0.2, 0.25) is 0 Å². The van der Waals surface area contributed by atoms with E-state index in [4.69, 9.17) is 4.74 Å². The van der Waals surface area contributed by atoms with Gasteiger partial charge in [0.1, 0.15) is 5.00 Å². The van der Waals surface area contributed by atoms with E-state index in [0.717, 1.165) is 47.2 Å². The van der Waals surface area contributed by atoms with Gasteiger partial charge in [0.25, 0.3) is 5.91 Å². The molecular formula is C22H29N3O5S2. The zero-order valence-corrected chi connectivity index (χ0v) is 20.4. The Kier molecular flexibility index (Phi) is 7.71. The van der Waals surface area contributed by atoms with Crippen LogP contribution in [0.4, 0.5) is 5.00 Å². The molecule has 0 atom stereocenters. The lowest BCUT2D eigenvalue weighted by Gasteiger charge is -2.26. The zero-order valence-electron chi connectivity index (χ0n) is 18.8. The molecule has 0 bridgehead atoms. The highest BCUT2D eigenvalue weighted by atomic mass is 32.2. The molecule has 2 heterocycles. The smallest absolute Gasteiger partial charge is 0.341 e. The Balaban J connectivity index is 1.88. The number of sulfonamides is 1. The molecule has 3 rings (SSSR count). The van der Waals surface area contributed by atoms with E-state index in [2.05, 4.69) is 17.1 Å². The Morgan fingerprint density at radius 2 is 1.88 bits per heavy atom. The van der Waals surface area contributed by atoms with Crippen molar-refractivity contribution in [3.63, 3.8) is 0 Å². The van der Waals surface area contributed by atoms with E-state index in [1.165, 1.54) is 49.7 Å². The van der Waals surface area contributed by atoms with Gasteiger partial charge in [-0.05, 0) is 56.1 Å². The van der Waals surface area contributed by atoms with Crippen molar-refractivity contribution in [1.29, 1.82) is 0 Å². The van der Waals surface area contributed by atoms with Crippen LogP contribution in [-0.4, -0.2) is 63.3 Å². The van der Waals surface area contributed by atoms with E-state index in [0.29, 0.717) is 16.1 Å². The lowest BCUT2D eigenvalue weighted by atomic mass is 10.0. The van der Waals surface area contributed by atoms with E-state index in [-0.39, 0.29) is 11.5 Å². The number of hydrogen-bond acceptors (Lipinski definition) is 7. The predicted octanol–water partition coefficient (Wildman–Crippen LogP) is 3.20. The van der Waals surface area contributed by atoms with Gasteiger partial charge in [-0.1, -0.05) is 6.92 Å². The minimum atomic E-state index is -3.58. The van der Waals surface area contributed by atoms with Crippen LogP contribution in [0.3, 0.4) is 0 Å². The molecule has 0 spiro atoms. The van der Waals surface area contributed by atoms with Crippen molar-refractivity contribution < 1.29 is 22.7 Å². The van der Waals surface area contributed by atoms with Crippen LogP contribution >= 0.6 is 11.3 Å². The lowest BCUT2D eigenvalue weighted by molar-refractivity contribution is 0.0526. The highest BCUT2D eigenvalue weighted by Crippen LogP contribution is 2.38. The molecule has 10 heteroatoms. The van der Waals surface area contributed by atoms with Crippen LogP contribution < -0.4 is 5.32 Å². The third-order valence-electron chi connectivity index (χ3n) is 5.28. The third-order valence-corrected chi connectivity index (χ3v) is 8.24. The van der Waals surface area contributed by atoms with Gasteiger partial charge in [0.2, 0.25) is 10.0 Å². The number of thiophene rings is 1. The van der Waals surface area contributed by atoms with Gasteiger partial charge >= 0.3 is 5.97 Å². The van der Waals surface area contributed by atoms with Crippen molar-refractivity contribution >= 4 is 38.2 Å². The summed E-state index contributed by atoms with van der Waals surface area (Å²) in [6.45, 7) is 6.72. The fourth-order valence-electron chi connectivity index (χ4n) is 3.64. The first-order valence-electron chi connectivity index (χ1n) is 10.6. The average molecular weight is 480 g/mol. The van der Waals surface area contributed by atoms with Crippen molar-refractivity contribution in [2.45, 2.75) is 38.1 Å². The summed E-state index contributed by atoms with van der Waals surface area (Å²) in [6, 6.07) is 5.73. The highest BCUT2D eigenvalue weighted by molar-refractivity contribution is 7.89. The molecule has 1 amide bonds. The first-order chi connectivity index (χ1) is 15.2. The van der Waals surface area contributed by atoms with Gasteiger partial charge in [-0.2, -0.15) is 0 Å². The van der Waals surface area contributed by atoms with Gasteiger partial charge in [0.05, 0.1) is 17.1 Å². The van der Waals surface area contributed by atoms with Gasteiger partial charge < -0.3 is 10.1 Å². The molecular weight excluding hydrogens is 450 g/mol. The van der Waals surface area contributed by atoms with Gasteiger partial charge in [0, 0.05) is 37.6 Å². The van der Waals surface area contributed by atoms with E-state index >= 15 is 0 Å². The number of esters is 1. The maximum atomic E-state index is 12.9. The monoisotopic (exact) mass is 479 g/mol. The van der Waals surface area contributed by atoms with Crippen LogP contribution in [0.1, 0.15) is 51.4 Å². The number of carbonyl (C=O) groups excluding carboxylic acids is 2. The molecule has 1 N–H and O–H groups in total. The molecule has 1 aliphatic heterocycles. The summed E-state index contributed by atoms with van der Waals surface area (Å²) in [7, 11) is -0.674.